The lowest BCUT2D eigenvalue weighted by Crippen LogP contribution is -2.51. The Morgan fingerprint density at radius 2 is 1.54 bits per heavy atom. The molecule has 2 fully saturated rings. The molecule has 0 radical (unpaired) electrons. The summed E-state index contributed by atoms with van der Waals surface area (Å²) in [4.78, 5) is 40.3. The predicted octanol–water partition coefficient (Wildman–Crippen LogP) is 1.99. The van der Waals surface area contributed by atoms with Gasteiger partial charge in [0.05, 0.1) is 0 Å². The van der Waals surface area contributed by atoms with E-state index in [4.69, 9.17) is 0 Å². The molecule has 1 saturated carbocycles. The third kappa shape index (κ3) is 5.71. The van der Waals surface area contributed by atoms with Gasteiger partial charge in [-0.1, -0.05) is 37.5 Å². The van der Waals surface area contributed by atoms with E-state index in [0.717, 1.165) is 12.8 Å². The van der Waals surface area contributed by atoms with Crippen LogP contribution < -0.4 is 10.6 Å². The predicted molar refractivity (Wildman–Crippen MR) is 107 cm³/mol. The minimum atomic E-state index is -0.182. The summed E-state index contributed by atoms with van der Waals surface area (Å²) in [5.74, 6) is 0.0264. The molecule has 0 bridgehead atoms. The van der Waals surface area contributed by atoms with Crippen molar-refractivity contribution in [2.75, 3.05) is 32.7 Å². The van der Waals surface area contributed by atoms with Gasteiger partial charge in [-0.25, -0.2) is 4.79 Å². The molecular formula is C21H30N4O3. The van der Waals surface area contributed by atoms with Gasteiger partial charge in [0.2, 0.25) is 5.91 Å². The van der Waals surface area contributed by atoms with E-state index in [1.165, 1.54) is 19.3 Å². The second kappa shape index (κ2) is 10.1. The number of carbonyl (C=O) groups is 3. The first-order valence-corrected chi connectivity index (χ1v) is 10.3. The van der Waals surface area contributed by atoms with Gasteiger partial charge in [-0.2, -0.15) is 0 Å². The number of hydrogen-bond donors (Lipinski definition) is 2. The number of amides is 4. The molecular weight excluding hydrogens is 356 g/mol. The van der Waals surface area contributed by atoms with Gasteiger partial charge in [-0.05, 0) is 25.0 Å². The van der Waals surface area contributed by atoms with E-state index >= 15 is 0 Å². The maximum absolute atomic E-state index is 12.5. The van der Waals surface area contributed by atoms with Crippen LogP contribution in [0.25, 0.3) is 0 Å². The summed E-state index contributed by atoms with van der Waals surface area (Å²) in [6, 6.07) is 9.29. The van der Waals surface area contributed by atoms with Crippen LogP contribution in [0.4, 0.5) is 4.79 Å². The number of carbonyl (C=O) groups excluding carboxylic acids is 3. The maximum atomic E-state index is 12.5. The van der Waals surface area contributed by atoms with Crippen LogP contribution in [0, 0.1) is 0 Å². The fourth-order valence-corrected chi connectivity index (χ4v) is 3.85. The second-order valence-electron chi connectivity index (χ2n) is 7.52. The smallest absolute Gasteiger partial charge is 0.315 e. The van der Waals surface area contributed by atoms with Crippen molar-refractivity contribution in [2.24, 2.45) is 0 Å². The highest BCUT2D eigenvalue weighted by Crippen LogP contribution is 2.17. The van der Waals surface area contributed by atoms with Crippen molar-refractivity contribution in [3.63, 3.8) is 0 Å². The third-order valence-electron chi connectivity index (χ3n) is 5.51. The first-order valence-electron chi connectivity index (χ1n) is 10.3. The Hall–Kier alpha value is -2.57. The number of piperazine rings is 1. The van der Waals surface area contributed by atoms with Gasteiger partial charge in [0.15, 0.2) is 0 Å². The van der Waals surface area contributed by atoms with Gasteiger partial charge < -0.3 is 20.4 Å². The molecule has 4 amide bonds. The lowest BCUT2D eigenvalue weighted by molar-refractivity contribution is -0.132. The zero-order valence-electron chi connectivity index (χ0n) is 16.4. The molecule has 2 aliphatic rings. The lowest BCUT2D eigenvalue weighted by atomic mass is 9.96. The molecule has 1 aliphatic carbocycles. The minimum absolute atomic E-state index is 0.00810. The van der Waals surface area contributed by atoms with E-state index in [1.807, 2.05) is 30.3 Å². The largest absolute Gasteiger partial charge is 0.339 e. The summed E-state index contributed by atoms with van der Waals surface area (Å²) >= 11 is 0. The Labute approximate surface area is 166 Å². The molecule has 2 N–H and O–H groups in total. The zero-order chi connectivity index (χ0) is 19.8. The molecule has 3 rings (SSSR count). The van der Waals surface area contributed by atoms with Crippen LogP contribution in [0.5, 0.6) is 0 Å². The highest BCUT2D eigenvalue weighted by molar-refractivity contribution is 5.94. The van der Waals surface area contributed by atoms with Gasteiger partial charge in [-0.15, -0.1) is 0 Å². The molecule has 152 valence electrons. The molecule has 7 nitrogen and oxygen atoms in total. The minimum Gasteiger partial charge on any atom is -0.339 e. The zero-order valence-corrected chi connectivity index (χ0v) is 16.4. The summed E-state index contributed by atoms with van der Waals surface area (Å²) in [5.41, 5.74) is 0.676. The third-order valence-corrected chi connectivity index (χ3v) is 5.51. The van der Waals surface area contributed by atoms with Crippen LogP contribution in [-0.4, -0.2) is 66.4 Å². The molecule has 1 aromatic carbocycles. The Morgan fingerprint density at radius 3 is 2.21 bits per heavy atom. The first kappa shape index (κ1) is 20.2. The Balaban J connectivity index is 1.33. The summed E-state index contributed by atoms with van der Waals surface area (Å²) in [6.45, 7) is 2.47. The van der Waals surface area contributed by atoms with E-state index in [-0.39, 0.29) is 30.3 Å². The summed E-state index contributed by atoms with van der Waals surface area (Å²) in [5, 5.41) is 5.77. The van der Waals surface area contributed by atoms with Gasteiger partial charge >= 0.3 is 6.03 Å². The van der Waals surface area contributed by atoms with Crippen LogP contribution in [0.2, 0.25) is 0 Å². The van der Waals surface area contributed by atoms with E-state index < -0.39 is 0 Å². The quantitative estimate of drug-likeness (QED) is 0.812. The number of benzene rings is 1. The van der Waals surface area contributed by atoms with Gasteiger partial charge in [0.1, 0.15) is 0 Å². The maximum Gasteiger partial charge on any atom is 0.315 e. The number of rotatable bonds is 5. The Morgan fingerprint density at radius 1 is 0.893 bits per heavy atom. The van der Waals surface area contributed by atoms with E-state index in [1.54, 1.807) is 9.80 Å². The molecule has 1 heterocycles. The molecule has 0 spiro atoms. The van der Waals surface area contributed by atoms with Gasteiger partial charge in [0.25, 0.3) is 5.91 Å². The van der Waals surface area contributed by atoms with Crippen molar-refractivity contribution in [3.05, 3.63) is 35.9 Å². The van der Waals surface area contributed by atoms with Crippen LogP contribution >= 0.6 is 0 Å². The normalized spacial score (nSPS) is 17.9. The number of nitrogens with one attached hydrogen (secondary N) is 2. The fourth-order valence-electron chi connectivity index (χ4n) is 3.85. The van der Waals surface area contributed by atoms with Gasteiger partial charge in [-0.3, -0.25) is 9.59 Å². The van der Waals surface area contributed by atoms with E-state index in [9.17, 15) is 14.4 Å². The van der Waals surface area contributed by atoms with Crippen LogP contribution in [0.1, 0.15) is 48.9 Å². The summed E-state index contributed by atoms with van der Waals surface area (Å²) in [7, 11) is 0. The molecule has 0 aromatic heterocycles. The van der Waals surface area contributed by atoms with Crippen molar-refractivity contribution in [3.8, 4) is 0 Å². The molecule has 7 heteroatoms. The Bertz CT molecular complexity index is 665. The standard InChI is InChI=1S/C21H30N4O3/c26-19(11-12-22-21(28)23-18-9-5-2-6-10-18)24-13-15-25(16-14-24)20(27)17-7-3-1-4-8-17/h1,3-4,7-8,18H,2,5-6,9-16H2,(H2,22,23,28). The fraction of sp³-hybridized carbons (Fsp3) is 0.571. The van der Waals surface area contributed by atoms with Crippen LogP contribution in [0.3, 0.4) is 0 Å². The molecule has 1 aromatic rings. The monoisotopic (exact) mass is 386 g/mol. The second-order valence-corrected chi connectivity index (χ2v) is 7.52. The number of nitrogens with zero attached hydrogens (tertiary/aromatic N) is 2. The van der Waals surface area contributed by atoms with Gasteiger partial charge in [0, 0.05) is 50.7 Å². The number of urea groups is 1. The summed E-state index contributed by atoms with van der Waals surface area (Å²) < 4.78 is 0. The summed E-state index contributed by atoms with van der Waals surface area (Å²) in [6.07, 6.45) is 5.95. The van der Waals surface area contributed by atoms with E-state index in [0.29, 0.717) is 38.3 Å². The number of hydrogen-bond acceptors (Lipinski definition) is 3. The highest BCUT2D eigenvalue weighted by Gasteiger charge is 2.24. The molecule has 1 aliphatic heterocycles. The lowest BCUT2D eigenvalue weighted by Gasteiger charge is -2.35. The van der Waals surface area contributed by atoms with Crippen molar-refractivity contribution in [1.82, 2.24) is 20.4 Å². The topological polar surface area (TPSA) is 81.8 Å². The molecule has 0 atom stereocenters. The SMILES string of the molecule is O=C(NCCC(=O)N1CCN(C(=O)c2ccccc2)CC1)NC1CCCCC1. The Kier molecular flexibility index (Phi) is 7.28. The van der Waals surface area contributed by atoms with Crippen molar-refractivity contribution in [2.45, 2.75) is 44.6 Å². The molecule has 1 saturated heterocycles. The molecule has 0 unspecified atom stereocenters. The average molecular weight is 386 g/mol. The average Bonchev–Trinajstić information content (AvgIpc) is 2.74. The van der Waals surface area contributed by atoms with E-state index in [2.05, 4.69) is 10.6 Å². The van der Waals surface area contributed by atoms with Crippen LogP contribution in [-0.2, 0) is 4.79 Å². The van der Waals surface area contributed by atoms with Crippen molar-refractivity contribution >= 4 is 17.8 Å². The van der Waals surface area contributed by atoms with Crippen molar-refractivity contribution in [1.29, 1.82) is 0 Å². The van der Waals surface area contributed by atoms with Crippen molar-refractivity contribution < 1.29 is 14.4 Å². The first-order chi connectivity index (χ1) is 13.6. The molecule has 28 heavy (non-hydrogen) atoms. The highest BCUT2D eigenvalue weighted by atomic mass is 16.2. The van der Waals surface area contributed by atoms with Crippen LogP contribution in [0.15, 0.2) is 30.3 Å².